The fourth-order valence-electron chi connectivity index (χ4n) is 1.47. The molecule has 0 radical (unpaired) electrons. The van der Waals surface area contributed by atoms with E-state index in [9.17, 15) is 9.59 Å². The monoisotopic (exact) mass is 391 g/mol. The molecule has 6 heteroatoms. The number of esters is 1. The summed E-state index contributed by atoms with van der Waals surface area (Å²) in [5.74, 6) is 0.254. The standard InChI is InChI=1S/C14H18INO4/c1-10-4-3-5-11(8-10)20-7-6-13(17)16-9-12(15)14(18)19-2/h3-5,8,12H,6-7,9H2,1-2H3,(H,16,17). The molecule has 1 amide bonds. The summed E-state index contributed by atoms with van der Waals surface area (Å²) in [6.45, 7) is 2.54. The highest BCUT2D eigenvalue weighted by Gasteiger charge is 2.15. The van der Waals surface area contributed by atoms with E-state index in [1.807, 2.05) is 53.8 Å². The number of methoxy groups -OCH3 is 1. The van der Waals surface area contributed by atoms with Crippen molar-refractivity contribution in [2.75, 3.05) is 20.3 Å². The van der Waals surface area contributed by atoms with Gasteiger partial charge in [-0.2, -0.15) is 0 Å². The Morgan fingerprint density at radius 2 is 2.15 bits per heavy atom. The first-order valence-electron chi connectivity index (χ1n) is 6.21. The minimum Gasteiger partial charge on any atom is -0.493 e. The molecular weight excluding hydrogens is 373 g/mol. The molecule has 0 bridgehead atoms. The van der Waals surface area contributed by atoms with Crippen molar-refractivity contribution >= 4 is 34.5 Å². The molecule has 1 aromatic rings. The lowest BCUT2D eigenvalue weighted by Crippen LogP contribution is -2.34. The smallest absolute Gasteiger partial charge is 0.320 e. The van der Waals surface area contributed by atoms with Gasteiger partial charge >= 0.3 is 5.97 Å². The number of aryl methyl sites for hydroxylation is 1. The molecule has 0 fully saturated rings. The number of carbonyl (C=O) groups excluding carboxylic acids is 2. The molecule has 0 aromatic heterocycles. The number of benzene rings is 1. The van der Waals surface area contributed by atoms with Crippen molar-refractivity contribution in [2.24, 2.45) is 0 Å². The molecule has 0 aliphatic carbocycles. The number of carbonyl (C=O) groups is 2. The third-order valence-electron chi connectivity index (χ3n) is 2.52. The van der Waals surface area contributed by atoms with Gasteiger partial charge in [-0.05, 0) is 24.6 Å². The second-order valence-electron chi connectivity index (χ2n) is 4.21. The molecule has 1 N–H and O–H groups in total. The van der Waals surface area contributed by atoms with Crippen LogP contribution in [-0.4, -0.2) is 36.1 Å². The quantitative estimate of drug-likeness (QED) is 0.438. The number of nitrogens with one attached hydrogen (secondary N) is 1. The van der Waals surface area contributed by atoms with Crippen molar-refractivity contribution in [1.29, 1.82) is 0 Å². The molecule has 0 spiro atoms. The molecule has 0 heterocycles. The van der Waals surface area contributed by atoms with Gasteiger partial charge in [0.15, 0.2) is 0 Å². The Morgan fingerprint density at radius 3 is 2.80 bits per heavy atom. The summed E-state index contributed by atoms with van der Waals surface area (Å²) in [5, 5.41) is 2.67. The second-order valence-corrected chi connectivity index (χ2v) is 5.71. The first-order valence-corrected chi connectivity index (χ1v) is 7.45. The largest absolute Gasteiger partial charge is 0.493 e. The average molecular weight is 391 g/mol. The molecule has 110 valence electrons. The lowest BCUT2D eigenvalue weighted by molar-refractivity contribution is -0.139. The van der Waals surface area contributed by atoms with Crippen molar-refractivity contribution in [3.8, 4) is 5.75 Å². The fourth-order valence-corrected chi connectivity index (χ4v) is 1.94. The van der Waals surface area contributed by atoms with Crippen LogP contribution in [0.15, 0.2) is 24.3 Å². The minimum absolute atomic E-state index is 0.150. The summed E-state index contributed by atoms with van der Waals surface area (Å²) in [6.07, 6.45) is 0.248. The van der Waals surface area contributed by atoms with Crippen LogP contribution in [0, 0.1) is 6.92 Å². The fraction of sp³-hybridized carbons (Fsp3) is 0.429. The van der Waals surface area contributed by atoms with E-state index in [1.165, 1.54) is 7.11 Å². The van der Waals surface area contributed by atoms with E-state index in [4.69, 9.17) is 4.74 Å². The Kier molecular flexibility index (Phi) is 7.35. The van der Waals surface area contributed by atoms with Crippen molar-refractivity contribution in [1.82, 2.24) is 5.32 Å². The summed E-state index contributed by atoms with van der Waals surface area (Å²) >= 11 is 1.93. The highest BCUT2D eigenvalue weighted by molar-refractivity contribution is 14.1. The van der Waals surface area contributed by atoms with E-state index in [2.05, 4.69) is 10.1 Å². The Morgan fingerprint density at radius 1 is 1.40 bits per heavy atom. The number of hydrogen-bond donors (Lipinski definition) is 1. The van der Waals surface area contributed by atoms with Crippen LogP contribution < -0.4 is 10.1 Å². The molecular formula is C14H18INO4. The SMILES string of the molecule is COC(=O)C(I)CNC(=O)CCOc1cccc(C)c1. The molecule has 20 heavy (non-hydrogen) atoms. The zero-order chi connectivity index (χ0) is 15.0. The lowest BCUT2D eigenvalue weighted by atomic mass is 10.2. The molecule has 1 rings (SSSR count). The number of rotatable bonds is 7. The predicted molar refractivity (Wildman–Crippen MR) is 84.1 cm³/mol. The summed E-state index contributed by atoms with van der Waals surface area (Å²) in [4.78, 5) is 22.7. The summed E-state index contributed by atoms with van der Waals surface area (Å²) in [5.41, 5.74) is 1.11. The van der Waals surface area contributed by atoms with Gasteiger partial charge in [-0.1, -0.05) is 34.7 Å². The normalized spacial score (nSPS) is 11.6. The van der Waals surface area contributed by atoms with Crippen LogP contribution in [0.25, 0.3) is 0 Å². The third kappa shape index (κ3) is 6.23. The molecule has 0 aliphatic rings. The third-order valence-corrected chi connectivity index (χ3v) is 3.47. The van der Waals surface area contributed by atoms with Crippen LogP contribution in [0.1, 0.15) is 12.0 Å². The summed E-state index contributed by atoms with van der Waals surface area (Å²) in [7, 11) is 1.32. The number of halogens is 1. The number of alkyl halides is 1. The van der Waals surface area contributed by atoms with Crippen LogP contribution in [0.4, 0.5) is 0 Å². The highest BCUT2D eigenvalue weighted by Crippen LogP contribution is 2.12. The molecule has 0 aliphatic heterocycles. The molecule has 1 atom stereocenters. The average Bonchev–Trinajstić information content (AvgIpc) is 2.44. The van der Waals surface area contributed by atoms with Crippen molar-refractivity contribution in [2.45, 2.75) is 17.3 Å². The van der Waals surface area contributed by atoms with Gasteiger partial charge in [0, 0.05) is 6.54 Å². The number of hydrogen-bond acceptors (Lipinski definition) is 4. The second kappa shape index (κ2) is 8.78. The van der Waals surface area contributed by atoms with Crippen LogP contribution in [0.5, 0.6) is 5.75 Å². The maximum Gasteiger partial charge on any atom is 0.320 e. The maximum absolute atomic E-state index is 11.6. The molecule has 1 unspecified atom stereocenters. The van der Waals surface area contributed by atoms with E-state index in [0.29, 0.717) is 6.61 Å². The number of amides is 1. The van der Waals surface area contributed by atoms with Crippen LogP contribution in [-0.2, 0) is 14.3 Å². The van der Waals surface area contributed by atoms with Gasteiger partial charge < -0.3 is 14.8 Å². The van der Waals surface area contributed by atoms with E-state index in [1.54, 1.807) is 0 Å². The van der Waals surface area contributed by atoms with Gasteiger partial charge in [-0.3, -0.25) is 9.59 Å². The minimum atomic E-state index is -0.376. The van der Waals surface area contributed by atoms with Gasteiger partial charge in [0.05, 0.1) is 20.1 Å². The van der Waals surface area contributed by atoms with Crippen molar-refractivity contribution in [3.05, 3.63) is 29.8 Å². The van der Waals surface area contributed by atoms with Gasteiger partial charge in [0.25, 0.3) is 0 Å². The Balaban J connectivity index is 2.22. The first-order chi connectivity index (χ1) is 9.52. The van der Waals surface area contributed by atoms with E-state index >= 15 is 0 Å². The van der Waals surface area contributed by atoms with Crippen LogP contribution >= 0.6 is 22.6 Å². The van der Waals surface area contributed by atoms with Crippen molar-refractivity contribution < 1.29 is 19.1 Å². The van der Waals surface area contributed by atoms with Crippen LogP contribution in [0.3, 0.4) is 0 Å². The number of ether oxygens (including phenoxy) is 2. The van der Waals surface area contributed by atoms with Crippen LogP contribution in [0.2, 0.25) is 0 Å². The predicted octanol–water partition coefficient (Wildman–Crippen LogP) is 1.86. The molecule has 5 nitrogen and oxygen atoms in total. The van der Waals surface area contributed by atoms with E-state index < -0.39 is 0 Å². The van der Waals surface area contributed by atoms with E-state index in [-0.39, 0.29) is 28.8 Å². The Labute approximate surface area is 132 Å². The molecule has 0 saturated carbocycles. The first kappa shape index (κ1) is 16.7. The highest BCUT2D eigenvalue weighted by atomic mass is 127. The topological polar surface area (TPSA) is 64.6 Å². The Hall–Kier alpha value is -1.31. The zero-order valence-electron chi connectivity index (χ0n) is 11.5. The lowest BCUT2D eigenvalue weighted by Gasteiger charge is -2.10. The van der Waals surface area contributed by atoms with Gasteiger partial charge in [0.1, 0.15) is 9.67 Å². The van der Waals surface area contributed by atoms with E-state index in [0.717, 1.165) is 11.3 Å². The molecule has 0 saturated heterocycles. The Bertz CT molecular complexity index is 464. The summed E-state index contributed by atoms with van der Waals surface area (Å²) < 4.78 is 9.67. The zero-order valence-corrected chi connectivity index (χ0v) is 13.7. The van der Waals surface area contributed by atoms with Gasteiger partial charge in [-0.25, -0.2) is 0 Å². The summed E-state index contributed by atoms with van der Waals surface area (Å²) in [6, 6.07) is 7.65. The van der Waals surface area contributed by atoms with Gasteiger partial charge in [-0.15, -0.1) is 0 Å². The van der Waals surface area contributed by atoms with Crippen molar-refractivity contribution in [3.63, 3.8) is 0 Å². The molecule has 1 aromatic carbocycles. The maximum atomic E-state index is 11.6. The van der Waals surface area contributed by atoms with Gasteiger partial charge in [0.2, 0.25) is 5.91 Å².